The van der Waals surface area contributed by atoms with E-state index in [0.29, 0.717) is 17.1 Å². The van der Waals surface area contributed by atoms with Crippen LogP contribution in [0.5, 0.6) is 0 Å². The summed E-state index contributed by atoms with van der Waals surface area (Å²) in [6, 6.07) is 13.5. The van der Waals surface area contributed by atoms with Crippen molar-refractivity contribution in [3.63, 3.8) is 0 Å². The Balaban J connectivity index is 1.90. The summed E-state index contributed by atoms with van der Waals surface area (Å²) < 4.78 is 14.1. The SMILES string of the molecule is CC(=O)Nc1ccc([C@H]2SCC(=O)N2c2ccccc2F)cc1. The molecule has 1 atom stereocenters. The van der Waals surface area contributed by atoms with E-state index in [1.54, 1.807) is 30.3 Å². The normalized spacial score (nSPS) is 17.4. The Hall–Kier alpha value is -2.34. The van der Waals surface area contributed by atoms with Gasteiger partial charge in [-0.2, -0.15) is 0 Å². The molecule has 2 amide bonds. The fourth-order valence-corrected chi connectivity index (χ4v) is 3.68. The predicted molar refractivity (Wildman–Crippen MR) is 89.8 cm³/mol. The summed E-state index contributed by atoms with van der Waals surface area (Å²) in [7, 11) is 0. The van der Waals surface area contributed by atoms with Crippen LogP contribution in [0.4, 0.5) is 15.8 Å². The van der Waals surface area contributed by atoms with Crippen molar-refractivity contribution in [3.05, 3.63) is 59.9 Å². The molecule has 118 valence electrons. The predicted octanol–water partition coefficient (Wildman–Crippen LogP) is 3.56. The Bertz CT molecular complexity index is 749. The van der Waals surface area contributed by atoms with Gasteiger partial charge in [0.25, 0.3) is 0 Å². The summed E-state index contributed by atoms with van der Waals surface area (Å²) in [6.07, 6.45) is 0. The van der Waals surface area contributed by atoms with E-state index >= 15 is 0 Å². The second kappa shape index (κ2) is 6.42. The lowest BCUT2D eigenvalue weighted by molar-refractivity contribution is -0.116. The molecule has 6 heteroatoms. The molecule has 3 rings (SSSR count). The van der Waals surface area contributed by atoms with Crippen LogP contribution in [0, 0.1) is 5.82 Å². The lowest BCUT2D eigenvalue weighted by Gasteiger charge is -2.24. The Kier molecular flexibility index (Phi) is 4.34. The highest BCUT2D eigenvalue weighted by atomic mass is 32.2. The standard InChI is InChI=1S/C17H15FN2O2S/c1-11(21)19-13-8-6-12(7-9-13)17-20(16(22)10-23-17)15-5-3-2-4-14(15)18/h2-9,17H,10H2,1H3,(H,19,21)/t17-/m1/s1. The molecular weight excluding hydrogens is 315 g/mol. The number of amides is 2. The Morgan fingerprint density at radius 2 is 1.91 bits per heavy atom. The van der Waals surface area contributed by atoms with Gasteiger partial charge < -0.3 is 5.32 Å². The van der Waals surface area contributed by atoms with Gasteiger partial charge in [-0.1, -0.05) is 24.3 Å². The number of para-hydroxylation sites is 1. The lowest BCUT2D eigenvalue weighted by Crippen LogP contribution is -2.28. The molecule has 1 N–H and O–H groups in total. The minimum atomic E-state index is -0.414. The van der Waals surface area contributed by atoms with Gasteiger partial charge >= 0.3 is 0 Å². The molecule has 1 aliphatic rings. The zero-order valence-electron chi connectivity index (χ0n) is 12.5. The second-order valence-corrected chi connectivity index (χ2v) is 6.25. The van der Waals surface area contributed by atoms with Gasteiger partial charge in [0, 0.05) is 12.6 Å². The third-order valence-corrected chi connectivity index (χ3v) is 4.71. The number of nitrogens with zero attached hydrogens (tertiary/aromatic N) is 1. The average Bonchev–Trinajstić information content (AvgIpc) is 2.90. The topological polar surface area (TPSA) is 49.4 Å². The van der Waals surface area contributed by atoms with Crippen LogP contribution in [0.3, 0.4) is 0 Å². The van der Waals surface area contributed by atoms with Crippen molar-refractivity contribution in [1.29, 1.82) is 0 Å². The Morgan fingerprint density at radius 3 is 2.57 bits per heavy atom. The summed E-state index contributed by atoms with van der Waals surface area (Å²) in [5.74, 6) is -0.359. The van der Waals surface area contributed by atoms with Crippen LogP contribution in [0.2, 0.25) is 0 Å². The largest absolute Gasteiger partial charge is 0.326 e. The molecule has 1 heterocycles. The van der Waals surface area contributed by atoms with Crippen LogP contribution in [0.25, 0.3) is 0 Å². The second-order valence-electron chi connectivity index (χ2n) is 5.18. The number of halogens is 1. The van der Waals surface area contributed by atoms with Crippen molar-refractivity contribution in [2.45, 2.75) is 12.3 Å². The van der Waals surface area contributed by atoms with Gasteiger partial charge in [0.05, 0.1) is 11.4 Å². The van der Waals surface area contributed by atoms with Crippen molar-refractivity contribution in [1.82, 2.24) is 0 Å². The minimum absolute atomic E-state index is 0.115. The van der Waals surface area contributed by atoms with E-state index in [0.717, 1.165) is 5.56 Å². The van der Waals surface area contributed by atoms with E-state index in [1.165, 1.54) is 29.7 Å². The summed E-state index contributed by atoms with van der Waals surface area (Å²) in [5, 5.41) is 2.42. The van der Waals surface area contributed by atoms with Crippen LogP contribution < -0.4 is 10.2 Å². The number of thioether (sulfide) groups is 1. The van der Waals surface area contributed by atoms with Crippen molar-refractivity contribution in [2.75, 3.05) is 16.0 Å². The first kappa shape index (κ1) is 15.6. The number of nitrogens with one attached hydrogen (secondary N) is 1. The zero-order chi connectivity index (χ0) is 16.4. The van der Waals surface area contributed by atoms with E-state index in [1.807, 2.05) is 12.1 Å². The quantitative estimate of drug-likeness (QED) is 0.936. The van der Waals surface area contributed by atoms with Gasteiger partial charge in [0.15, 0.2) is 0 Å². The van der Waals surface area contributed by atoms with Crippen LogP contribution in [-0.2, 0) is 9.59 Å². The maximum Gasteiger partial charge on any atom is 0.238 e. The van der Waals surface area contributed by atoms with Crippen molar-refractivity contribution in [2.24, 2.45) is 0 Å². The average molecular weight is 330 g/mol. The number of rotatable bonds is 3. The monoisotopic (exact) mass is 330 g/mol. The first-order chi connectivity index (χ1) is 11.1. The highest BCUT2D eigenvalue weighted by Crippen LogP contribution is 2.42. The molecule has 2 aromatic carbocycles. The molecule has 0 unspecified atom stereocenters. The third-order valence-electron chi connectivity index (χ3n) is 3.50. The number of hydrogen-bond acceptors (Lipinski definition) is 3. The first-order valence-corrected chi connectivity index (χ1v) is 8.17. The van der Waals surface area contributed by atoms with Gasteiger partial charge in [0.2, 0.25) is 11.8 Å². The van der Waals surface area contributed by atoms with Crippen LogP contribution in [0.1, 0.15) is 17.9 Å². The van der Waals surface area contributed by atoms with E-state index in [-0.39, 0.29) is 17.2 Å². The third kappa shape index (κ3) is 3.22. The van der Waals surface area contributed by atoms with Gasteiger partial charge in [-0.3, -0.25) is 14.5 Å². The highest BCUT2D eigenvalue weighted by Gasteiger charge is 2.35. The first-order valence-electron chi connectivity index (χ1n) is 7.12. The molecule has 0 radical (unpaired) electrons. The molecule has 4 nitrogen and oxygen atoms in total. The molecule has 0 saturated carbocycles. The molecule has 0 spiro atoms. The number of anilines is 2. The summed E-state index contributed by atoms with van der Waals surface area (Å²) in [4.78, 5) is 24.8. The van der Waals surface area contributed by atoms with E-state index in [9.17, 15) is 14.0 Å². The maximum atomic E-state index is 14.1. The van der Waals surface area contributed by atoms with Crippen molar-refractivity contribution in [3.8, 4) is 0 Å². The van der Waals surface area contributed by atoms with Crippen molar-refractivity contribution < 1.29 is 14.0 Å². The minimum Gasteiger partial charge on any atom is -0.326 e. The molecule has 2 aromatic rings. The fraction of sp³-hybridized carbons (Fsp3) is 0.176. The number of benzene rings is 2. The summed E-state index contributed by atoms with van der Waals surface area (Å²) >= 11 is 1.46. The van der Waals surface area contributed by atoms with Gasteiger partial charge in [-0.25, -0.2) is 4.39 Å². The van der Waals surface area contributed by atoms with Crippen LogP contribution in [-0.4, -0.2) is 17.6 Å². The molecule has 1 aliphatic heterocycles. The molecule has 1 fully saturated rings. The highest BCUT2D eigenvalue weighted by molar-refractivity contribution is 8.00. The Labute approximate surface area is 137 Å². The van der Waals surface area contributed by atoms with E-state index in [4.69, 9.17) is 0 Å². The van der Waals surface area contributed by atoms with Crippen LogP contribution >= 0.6 is 11.8 Å². The number of carbonyl (C=O) groups is 2. The summed E-state index contributed by atoms with van der Waals surface area (Å²) in [6.45, 7) is 1.44. The van der Waals surface area contributed by atoms with Gasteiger partial charge in [-0.15, -0.1) is 11.8 Å². The van der Waals surface area contributed by atoms with Crippen LogP contribution in [0.15, 0.2) is 48.5 Å². The fourth-order valence-electron chi connectivity index (χ4n) is 2.51. The zero-order valence-corrected chi connectivity index (χ0v) is 13.3. The Morgan fingerprint density at radius 1 is 1.22 bits per heavy atom. The number of hydrogen-bond donors (Lipinski definition) is 1. The van der Waals surface area contributed by atoms with E-state index in [2.05, 4.69) is 5.32 Å². The molecule has 0 aromatic heterocycles. The van der Waals surface area contributed by atoms with E-state index < -0.39 is 5.82 Å². The lowest BCUT2D eigenvalue weighted by atomic mass is 10.1. The van der Waals surface area contributed by atoms with Crippen molar-refractivity contribution >= 4 is 35.0 Å². The molecular formula is C17H15FN2O2S. The molecule has 23 heavy (non-hydrogen) atoms. The molecule has 0 aliphatic carbocycles. The smallest absolute Gasteiger partial charge is 0.238 e. The maximum absolute atomic E-state index is 14.1. The number of carbonyl (C=O) groups excluding carboxylic acids is 2. The molecule has 0 bridgehead atoms. The van der Waals surface area contributed by atoms with Gasteiger partial charge in [0.1, 0.15) is 11.2 Å². The molecule has 1 saturated heterocycles. The summed E-state index contributed by atoms with van der Waals surface area (Å²) in [5.41, 5.74) is 1.87. The van der Waals surface area contributed by atoms with Gasteiger partial charge in [-0.05, 0) is 29.8 Å².